The lowest BCUT2D eigenvalue weighted by Crippen LogP contribution is -2.49. The minimum absolute atomic E-state index is 0.0152. The first-order chi connectivity index (χ1) is 9.38. The van der Waals surface area contributed by atoms with E-state index in [4.69, 9.17) is 0 Å². The second-order valence-electron chi connectivity index (χ2n) is 4.96. The minimum atomic E-state index is -3.06. The van der Waals surface area contributed by atoms with Crippen LogP contribution in [0.5, 0.6) is 0 Å². The highest BCUT2D eigenvalue weighted by Crippen LogP contribution is 2.07. The number of nitrogens with zero attached hydrogens (tertiary/aromatic N) is 1. The average Bonchev–Trinajstić information content (AvgIpc) is 2.36. The summed E-state index contributed by atoms with van der Waals surface area (Å²) in [5.74, 6) is -0.311. The van der Waals surface area contributed by atoms with Crippen molar-refractivity contribution >= 4 is 21.7 Å². The zero-order valence-corrected chi connectivity index (χ0v) is 12.8. The van der Waals surface area contributed by atoms with E-state index in [0.29, 0.717) is 13.1 Å². The summed E-state index contributed by atoms with van der Waals surface area (Å²) in [6.07, 6.45) is 0.857. The maximum Gasteiger partial charge on any atom is 0.239 e. The van der Waals surface area contributed by atoms with Gasteiger partial charge in [-0.25, -0.2) is 8.42 Å². The molecule has 116 valence electrons. The maximum absolute atomic E-state index is 12.2. The number of rotatable bonds is 6. The number of carbonyl (C=O) groups excluding carboxylic acids is 2. The van der Waals surface area contributed by atoms with Crippen LogP contribution < -0.4 is 10.6 Å². The van der Waals surface area contributed by atoms with Gasteiger partial charge in [0.15, 0.2) is 9.84 Å². The maximum atomic E-state index is 12.2. The lowest BCUT2D eigenvalue weighted by molar-refractivity contribution is -0.136. The highest BCUT2D eigenvalue weighted by molar-refractivity contribution is 7.91. The zero-order valence-electron chi connectivity index (χ0n) is 12.0. The third-order valence-electron chi connectivity index (χ3n) is 3.18. The molecule has 2 amide bonds. The number of hydrogen-bond acceptors (Lipinski definition) is 5. The Kier molecular flexibility index (Phi) is 6.41. The fourth-order valence-electron chi connectivity index (χ4n) is 2.15. The van der Waals surface area contributed by atoms with Crippen LogP contribution in [0, 0.1) is 0 Å². The average molecular weight is 305 g/mol. The number of hydrogen-bond donors (Lipinski definition) is 2. The molecule has 1 fully saturated rings. The third kappa shape index (κ3) is 5.46. The topological polar surface area (TPSA) is 95.6 Å². The molecule has 8 heteroatoms. The molecule has 1 rings (SSSR count). The highest BCUT2D eigenvalue weighted by Gasteiger charge is 2.27. The lowest BCUT2D eigenvalue weighted by atomic mass is 10.2. The Morgan fingerprint density at radius 2 is 2.10 bits per heavy atom. The summed E-state index contributed by atoms with van der Waals surface area (Å²) in [6.45, 7) is 2.81. The summed E-state index contributed by atoms with van der Waals surface area (Å²) < 4.78 is 23.1. The molecule has 0 saturated carbocycles. The highest BCUT2D eigenvalue weighted by atomic mass is 32.2. The van der Waals surface area contributed by atoms with Gasteiger partial charge in [-0.05, 0) is 6.42 Å². The van der Waals surface area contributed by atoms with Gasteiger partial charge in [0.05, 0.1) is 18.1 Å². The standard InChI is InChI=1S/C12H23N3O4S/c1-3-5-15(8-11(16)13-2)12(17)7-10-9-20(18,19)6-4-14-10/h10,14H,3-9H2,1-2H3,(H,13,16). The minimum Gasteiger partial charge on any atom is -0.358 e. The second kappa shape index (κ2) is 7.58. The molecule has 2 N–H and O–H groups in total. The largest absolute Gasteiger partial charge is 0.358 e. The van der Waals surface area contributed by atoms with Crippen molar-refractivity contribution in [3.05, 3.63) is 0 Å². The van der Waals surface area contributed by atoms with Crippen LogP contribution >= 0.6 is 0 Å². The monoisotopic (exact) mass is 305 g/mol. The van der Waals surface area contributed by atoms with Crippen LogP contribution in [0.3, 0.4) is 0 Å². The van der Waals surface area contributed by atoms with Gasteiger partial charge in [0, 0.05) is 32.6 Å². The van der Waals surface area contributed by atoms with Crippen LogP contribution in [0.4, 0.5) is 0 Å². The van der Waals surface area contributed by atoms with Crippen LogP contribution in [0.15, 0.2) is 0 Å². The van der Waals surface area contributed by atoms with Crippen LogP contribution in [0.2, 0.25) is 0 Å². The van der Waals surface area contributed by atoms with E-state index in [9.17, 15) is 18.0 Å². The predicted octanol–water partition coefficient (Wildman–Crippen LogP) is -1.25. The first-order valence-corrected chi connectivity index (χ1v) is 8.62. The number of sulfone groups is 1. The molecule has 1 unspecified atom stereocenters. The van der Waals surface area contributed by atoms with E-state index in [0.717, 1.165) is 6.42 Å². The first-order valence-electron chi connectivity index (χ1n) is 6.80. The van der Waals surface area contributed by atoms with E-state index in [2.05, 4.69) is 10.6 Å². The molecule has 1 atom stereocenters. The Morgan fingerprint density at radius 1 is 1.40 bits per heavy atom. The Hall–Kier alpha value is -1.15. The number of nitrogens with one attached hydrogen (secondary N) is 2. The van der Waals surface area contributed by atoms with Crippen molar-refractivity contribution in [2.75, 3.05) is 38.2 Å². The molecule has 1 aliphatic heterocycles. The summed E-state index contributed by atoms with van der Waals surface area (Å²) >= 11 is 0. The van der Waals surface area contributed by atoms with Crippen molar-refractivity contribution in [2.45, 2.75) is 25.8 Å². The van der Waals surface area contributed by atoms with Crippen molar-refractivity contribution in [2.24, 2.45) is 0 Å². The molecule has 1 aliphatic rings. The molecular weight excluding hydrogens is 282 g/mol. The molecule has 1 heterocycles. The van der Waals surface area contributed by atoms with Gasteiger partial charge in [0.25, 0.3) is 0 Å². The van der Waals surface area contributed by atoms with E-state index in [-0.39, 0.29) is 42.3 Å². The molecule has 0 radical (unpaired) electrons. The molecule has 20 heavy (non-hydrogen) atoms. The molecule has 0 spiro atoms. The first kappa shape index (κ1) is 16.9. The molecule has 0 aromatic carbocycles. The molecule has 0 bridgehead atoms. The van der Waals surface area contributed by atoms with Gasteiger partial charge in [0.1, 0.15) is 0 Å². The van der Waals surface area contributed by atoms with Crippen LogP contribution in [-0.4, -0.2) is 69.4 Å². The number of amides is 2. The van der Waals surface area contributed by atoms with E-state index in [1.165, 1.54) is 11.9 Å². The Balaban J connectivity index is 2.59. The zero-order chi connectivity index (χ0) is 15.2. The van der Waals surface area contributed by atoms with Gasteiger partial charge < -0.3 is 15.5 Å². The van der Waals surface area contributed by atoms with E-state index in [1.54, 1.807) is 0 Å². The van der Waals surface area contributed by atoms with Gasteiger partial charge in [-0.3, -0.25) is 9.59 Å². The van der Waals surface area contributed by atoms with Crippen molar-refractivity contribution < 1.29 is 18.0 Å². The van der Waals surface area contributed by atoms with Gasteiger partial charge in [-0.1, -0.05) is 6.92 Å². The van der Waals surface area contributed by atoms with Crippen molar-refractivity contribution in [3.63, 3.8) is 0 Å². The quantitative estimate of drug-likeness (QED) is 0.639. The molecular formula is C12H23N3O4S. The summed E-state index contributed by atoms with van der Waals surface area (Å²) in [7, 11) is -1.54. The smallest absolute Gasteiger partial charge is 0.239 e. The van der Waals surface area contributed by atoms with Crippen molar-refractivity contribution in [1.82, 2.24) is 15.5 Å². The molecule has 7 nitrogen and oxygen atoms in total. The molecule has 0 aliphatic carbocycles. The second-order valence-corrected chi connectivity index (χ2v) is 7.19. The number of carbonyl (C=O) groups is 2. The fourth-order valence-corrected chi connectivity index (χ4v) is 3.60. The van der Waals surface area contributed by atoms with Gasteiger partial charge in [0.2, 0.25) is 11.8 Å². The lowest BCUT2D eigenvalue weighted by Gasteiger charge is -2.27. The Labute approximate surface area is 120 Å². The van der Waals surface area contributed by atoms with Crippen molar-refractivity contribution in [1.29, 1.82) is 0 Å². The van der Waals surface area contributed by atoms with Crippen LogP contribution in [0.25, 0.3) is 0 Å². The Bertz CT molecular complexity index is 450. The van der Waals surface area contributed by atoms with E-state index < -0.39 is 9.84 Å². The van der Waals surface area contributed by atoms with E-state index >= 15 is 0 Å². The molecule has 0 aromatic rings. The van der Waals surface area contributed by atoms with Gasteiger partial charge in [-0.15, -0.1) is 0 Å². The van der Waals surface area contributed by atoms with E-state index in [1.807, 2.05) is 6.92 Å². The summed E-state index contributed by atoms with van der Waals surface area (Å²) in [6, 6.07) is -0.356. The fraction of sp³-hybridized carbons (Fsp3) is 0.833. The molecule has 1 saturated heterocycles. The van der Waals surface area contributed by atoms with Crippen molar-refractivity contribution in [3.8, 4) is 0 Å². The van der Waals surface area contributed by atoms with Crippen LogP contribution in [0.1, 0.15) is 19.8 Å². The summed E-state index contributed by atoms with van der Waals surface area (Å²) in [4.78, 5) is 25.0. The number of likely N-dealkylation sites (N-methyl/N-ethyl adjacent to an activating group) is 1. The summed E-state index contributed by atoms with van der Waals surface area (Å²) in [5, 5.41) is 5.52. The van der Waals surface area contributed by atoms with Gasteiger partial charge >= 0.3 is 0 Å². The predicted molar refractivity (Wildman–Crippen MR) is 76.0 cm³/mol. The Morgan fingerprint density at radius 3 is 2.65 bits per heavy atom. The van der Waals surface area contributed by atoms with Gasteiger partial charge in [-0.2, -0.15) is 0 Å². The SMILES string of the molecule is CCCN(CC(=O)NC)C(=O)CC1CS(=O)(=O)CCN1. The summed E-state index contributed by atoms with van der Waals surface area (Å²) in [5.41, 5.74) is 0. The molecule has 0 aromatic heterocycles. The van der Waals surface area contributed by atoms with Crippen LogP contribution in [-0.2, 0) is 19.4 Å². The third-order valence-corrected chi connectivity index (χ3v) is 4.92. The normalized spacial score (nSPS) is 21.2.